The SMILES string of the molecule is O=C(c1ccccc1)[C@@H](c1ccccc1)c1cc(Cl)c([NH+]([O-])O)cc1[NH+]([O-])O. The van der Waals surface area contributed by atoms with E-state index in [1.165, 1.54) is 6.07 Å². The monoisotopic (exact) mass is 400 g/mol. The van der Waals surface area contributed by atoms with E-state index in [0.29, 0.717) is 11.1 Å². The molecule has 2 unspecified atom stereocenters. The van der Waals surface area contributed by atoms with Gasteiger partial charge in [-0.2, -0.15) is 10.5 Å². The lowest BCUT2D eigenvalue weighted by Crippen LogP contribution is -3.01. The van der Waals surface area contributed by atoms with Crippen molar-refractivity contribution in [2.24, 2.45) is 0 Å². The van der Waals surface area contributed by atoms with Gasteiger partial charge in [-0.15, -0.1) is 0 Å². The molecule has 0 spiro atoms. The molecule has 0 saturated heterocycles. The van der Waals surface area contributed by atoms with Crippen LogP contribution in [0.15, 0.2) is 72.8 Å². The number of rotatable bonds is 6. The topological polar surface area (TPSA) is 113 Å². The largest absolute Gasteiger partial charge is 0.595 e. The van der Waals surface area contributed by atoms with Gasteiger partial charge in [-0.3, -0.25) is 4.79 Å². The average molecular weight is 401 g/mol. The minimum Gasteiger partial charge on any atom is -0.595 e. The van der Waals surface area contributed by atoms with Crippen molar-refractivity contribution in [3.8, 4) is 0 Å². The van der Waals surface area contributed by atoms with Crippen LogP contribution >= 0.6 is 11.6 Å². The van der Waals surface area contributed by atoms with E-state index in [4.69, 9.17) is 11.6 Å². The fourth-order valence-corrected chi connectivity index (χ4v) is 3.32. The Hall–Kier alpha value is -2.62. The first kappa shape index (κ1) is 20.1. The molecular formula is C20H17ClN2O5. The Bertz CT molecular complexity index is 965. The molecule has 0 fully saturated rings. The Morgan fingerprint density at radius 2 is 1.39 bits per heavy atom. The zero-order valence-electron chi connectivity index (χ0n) is 14.5. The first-order valence-corrected chi connectivity index (χ1v) is 8.72. The van der Waals surface area contributed by atoms with E-state index >= 15 is 0 Å². The molecular weight excluding hydrogens is 384 g/mol. The lowest BCUT2D eigenvalue weighted by atomic mass is 9.84. The molecule has 7 nitrogen and oxygen atoms in total. The minimum absolute atomic E-state index is 0.130. The van der Waals surface area contributed by atoms with Crippen molar-refractivity contribution >= 4 is 28.8 Å². The number of halogens is 1. The number of quaternary nitrogens is 2. The van der Waals surface area contributed by atoms with E-state index in [2.05, 4.69) is 0 Å². The standard InChI is InChI=1S/C20H17ClN2O5/c21-16-11-15(17(22(25)26)12-18(16)23(27)28)19(13-7-3-1-4-8-13)20(24)14-9-5-2-6-10-14/h1-12,19,22-23,25,27H/t19-/m0/s1. The van der Waals surface area contributed by atoms with Crippen LogP contribution < -0.4 is 10.5 Å². The average Bonchev–Trinajstić information content (AvgIpc) is 2.69. The molecule has 0 saturated carbocycles. The van der Waals surface area contributed by atoms with E-state index in [-0.39, 0.29) is 27.7 Å². The molecule has 8 heteroatoms. The highest BCUT2D eigenvalue weighted by molar-refractivity contribution is 6.32. The quantitative estimate of drug-likeness (QED) is 0.374. The van der Waals surface area contributed by atoms with E-state index in [9.17, 15) is 25.6 Å². The molecule has 3 atom stereocenters. The number of nitrogens with one attached hydrogen (secondary N) is 2. The highest BCUT2D eigenvalue weighted by atomic mass is 35.5. The maximum atomic E-state index is 13.3. The second-order valence-corrected chi connectivity index (χ2v) is 6.51. The number of carbonyl (C=O) groups is 1. The van der Waals surface area contributed by atoms with E-state index in [0.717, 1.165) is 6.07 Å². The summed E-state index contributed by atoms with van der Waals surface area (Å²) < 4.78 is 0. The van der Waals surface area contributed by atoms with Gasteiger partial charge in [0.1, 0.15) is 5.02 Å². The Balaban J connectivity index is 2.24. The summed E-state index contributed by atoms with van der Waals surface area (Å²) in [6, 6.07) is 19.5. The van der Waals surface area contributed by atoms with E-state index in [1.807, 2.05) is 0 Å². The summed E-state index contributed by atoms with van der Waals surface area (Å²) in [5.41, 5.74) is 0.522. The molecule has 3 rings (SSSR count). The molecule has 0 radical (unpaired) electrons. The van der Waals surface area contributed by atoms with Gasteiger partial charge in [0.2, 0.25) is 0 Å². The molecule has 4 N–H and O–H groups in total. The van der Waals surface area contributed by atoms with Crippen molar-refractivity contribution in [3.63, 3.8) is 0 Å². The fourth-order valence-electron chi connectivity index (χ4n) is 3.06. The van der Waals surface area contributed by atoms with Crippen LogP contribution in [0.5, 0.6) is 0 Å². The Kier molecular flexibility index (Phi) is 6.18. The number of hydrogen-bond donors (Lipinski definition) is 4. The van der Waals surface area contributed by atoms with Gasteiger partial charge < -0.3 is 10.4 Å². The van der Waals surface area contributed by atoms with Gasteiger partial charge in [0, 0.05) is 11.1 Å². The zero-order valence-corrected chi connectivity index (χ0v) is 15.3. The smallest absolute Gasteiger partial charge is 0.188 e. The summed E-state index contributed by atoms with van der Waals surface area (Å²) in [4.78, 5) is 13.3. The highest BCUT2D eigenvalue weighted by Crippen LogP contribution is 2.36. The van der Waals surface area contributed by atoms with Crippen molar-refractivity contribution < 1.29 is 25.7 Å². The summed E-state index contributed by atoms with van der Waals surface area (Å²) in [7, 11) is 0. The number of hydrogen-bond acceptors (Lipinski definition) is 5. The van der Waals surface area contributed by atoms with Crippen LogP contribution in [-0.4, -0.2) is 16.2 Å². The summed E-state index contributed by atoms with van der Waals surface area (Å²) in [5.74, 6) is -1.26. The molecule has 0 amide bonds. The Morgan fingerprint density at radius 3 is 1.93 bits per heavy atom. The molecule has 0 aliphatic rings. The van der Waals surface area contributed by atoms with Gasteiger partial charge in [-0.1, -0.05) is 72.3 Å². The van der Waals surface area contributed by atoms with Crippen molar-refractivity contribution in [1.29, 1.82) is 0 Å². The second-order valence-electron chi connectivity index (χ2n) is 6.10. The van der Waals surface area contributed by atoms with Crippen LogP contribution in [0.3, 0.4) is 0 Å². The van der Waals surface area contributed by atoms with Crippen molar-refractivity contribution in [2.75, 3.05) is 0 Å². The van der Waals surface area contributed by atoms with Crippen LogP contribution in [0.1, 0.15) is 27.4 Å². The minimum atomic E-state index is -1.34. The number of benzene rings is 3. The highest BCUT2D eigenvalue weighted by Gasteiger charge is 2.31. The van der Waals surface area contributed by atoms with Gasteiger partial charge in [0.15, 0.2) is 17.2 Å². The first-order chi connectivity index (χ1) is 13.4. The predicted molar refractivity (Wildman–Crippen MR) is 102 cm³/mol. The molecule has 3 aromatic carbocycles. The van der Waals surface area contributed by atoms with Crippen molar-refractivity contribution in [2.45, 2.75) is 5.92 Å². The fraction of sp³-hybridized carbons (Fsp3) is 0.0500. The molecule has 0 aliphatic carbocycles. The maximum Gasteiger partial charge on any atom is 0.188 e. The molecule has 0 aliphatic heterocycles. The molecule has 0 heterocycles. The Labute approximate surface area is 165 Å². The molecule has 144 valence electrons. The molecule has 0 aromatic heterocycles. The maximum absolute atomic E-state index is 13.3. The third kappa shape index (κ3) is 4.11. The number of Topliss-reactive ketones (excluding diaryl/α,β-unsaturated/α-hetero) is 1. The van der Waals surface area contributed by atoms with Crippen LogP contribution in [0.25, 0.3) is 0 Å². The molecule has 28 heavy (non-hydrogen) atoms. The lowest BCUT2D eigenvalue weighted by Gasteiger charge is -2.24. The van der Waals surface area contributed by atoms with Gasteiger partial charge in [-0.05, 0) is 11.6 Å². The zero-order chi connectivity index (χ0) is 20.3. The van der Waals surface area contributed by atoms with Gasteiger partial charge in [0.25, 0.3) is 0 Å². The Morgan fingerprint density at radius 1 is 0.857 bits per heavy atom. The van der Waals surface area contributed by atoms with Gasteiger partial charge in [0.05, 0.1) is 12.0 Å². The molecule has 3 aromatic rings. The normalized spacial score (nSPS) is 14.3. The third-order valence-electron chi connectivity index (χ3n) is 4.36. The van der Waals surface area contributed by atoms with Crippen LogP contribution in [0.2, 0.25) is 5.02 Å². The number of ketones is 1. The summed E-state index contributed by atoms with van der Waals surface area (Å²) in [6.45, 7) is 0. The van der Waals surface area contributed by atoms with Crippen LogP contribution in [0.4, 0.5) is 11.4 Å². The molecule has 0 bridgehead atoms. The third-order valence-corrected chi connectivity index (χ3v) is 4.68. The lowest BCUT2D eigenvalue weighted by molar-refractivity contribution is -0.996. The predicted octanol–water partition coefficient (Wildman–Crippen LogP) is 2.16. The van der Waals surface area contributed by atoms with Crippen molar-refractivity contribution in [3.05, 3.63) is 105 Å². The van der Waals surface area contributed by atoms with E-state index in [1.54, 1.807) is 60.7 Å². The number of carbonyl (C=O) groups excluding carboxylic acids is 1. The second kappa shape index (κ2) is 8.59. The van der Waals surface area contributed by atoms with Crippen LogP contribution in [0, 0.1) is 10.4 Å². The van der Waals surface area contributed by atoms with E-state index < -0.39 is 16.4 Å². The van der Waals surface area contributed by atoms with Crippen LogP contribution in [-0.2, 0) is 0 Å². The van der Waals surface area contributed by atoms with Gasteiger partial charge >= 0.3 is 0 Å². The van der Waals surface area contributed by atoms with Gasteiger partial charge in [-0.25, -0.2) is 10.4 Å². The summed E-state index contributed by atoms with van der Waals surface area (Å²) >= 11 is 6.10. The first-order valence-electron chi connectivity index (χ1n) is 8.34. The van der Waals surface area contributed by atoms with Crippen molar-refractivity contribution in [1.82, 2.24) is 0 Å². The summed E-state index contributed by atoms with van der Waals surface area (Å²) in [6.07, 6.45) is 0. The summed E-state index contributed by atoms with van der Waals surface area (Å²) in [5, 5.41) is 39.3.